The summed E-state index contributed by atoms with van der Waals surface area (Å²) in [4.78, 5) is 8.73. The molecule has 0 unspecified atom stereocenters. The number of hydrogen-bond acceptors (Lipinski definition) is 3. The number of aromatic nitrogens is 2. The highest BCUT2D eigenvalue weighted by atomic mass is 16.3. The average Bonchev–Trinajstić information content (AvgIpc) is 3.32. The van der Waals surface area contributed by atoms with Gasteiger partial charge < -0.3 is 4.42 Å². The molecule has 0 saturated carbocycles. The molecule has 0 aliphatic carbocycles. The molecule has 178 valence electrons. The summed E-state index contributed by atoms with van der Waals surface area (Å²) in [5.41, 5.74) is 2.72. The van der Waals surface area contributed by atoms with Crippen molar-refractivity contribution in [2.24, 2.45) is 0 Å². The molecule has 0 aliphatic heterocycles. The van der Waals surface area contributed by atoms with Crippen molar-refractivity contribution in [2.45, 2.75) is 46.7 Å². The first-order chi connectivity index (χ1) is 20.8. The first-order valence-corrected chi connectivity index (χ1v) is 11.8. The van der Waals surface area contributed by atoms with E-state index in [9.17, 15) is 0 Å². The zero-order chi connectivity index (χ0) is 32.7. The van der Waals surface area contributed by atoms with Crippen LogP contribution in [-0.2, 0) is 5.41 Å². The van der Waals surface area contributed by atoms with E-state index in [0.717, 1.165) is 10.9 Å². The predicted octanol–water partition coefficient (Wildman–Crippen LogP) is 9.09. The summed E-state index contributed by atoms with van der Waals surface area (Å²) in [6.07, 6.45) is 1.26. The van der Waals surface area contributed by atoms with E-state index in [0.29, 0.717) is 33.0 Å². The van der Waals surface area contributed by atoms with Gasteiger partial charge in [0.15, 0.2) is 0 Å². The van der Waals surface area contributed by atoms with Gasteiger partial charge in [-0.25, -0.2) is 4.98 Å². The second-order valence-electron chi connectivity index (χ2n) is 10.1. The van der Waals surface area contributed by atoms with E-state index >= 15 is 0 Å². The van der Waals surface area contributed by atoms with Gasteiger partial charge in [-0.15, -0.1) is 0 Å². The van der Waals surface area contributed by atoms with Crippen molar-refractivity contribution in [2.75, 3.05) is 0 Å². The minimum atomic E-state index is -2.58. The predicted molar refractivity (Wildman–Crippen MR) is 151 cm³/mol. The molecule has 0 radical (unpaired) electrons. The van der Waals surface area contributed by atoms with Crippen LogP contribution in [0.4, 0.5) is 0 Å². The highest BCUT2D eigenvalue weighted by Gasteiger charge is 2.18. The van der Waals surface area contributed by atoms with Crippen LogP contribution in [0.3, 0.4) is 0 Å². The van der Waals surface area contributed by atoms with Crippen LogP contribution in [0.15, 0.2) is 77.3 Å². The second-order valence-corrected chi connectivity index (χ2v) is 10.1. The Hall–Kier alpha value is -3.98. The van der Waals surface area contributed by atoms with Crippen molar-refractivity contribution < 1.29 is 16.8 Å². The molecule has 0 amide bonds. The van der Waals surface area contributed by atoms with Crippen LogP contribution in [-0.4, -0.2) is 9.97 Å². The van der Waals surface area contributed by atoms with E-state index in [2.05, 4.69) is 30.7 Å². The smallest absolute Gasteiger partial charge is 0.227 e. The maximum absolute atomic E-state index is 8.51. The summed E-state index contributed by atoms with van der Waals surface area (Å²) < 4.78 is 79.6. The van der Waals surface area contributed by atoms with Crippen molar-refractivity contribution in [1.82, 2.24) is 9.97 Å². The van der Waals surface area contributed by atoms with Gasteiger partial charge in [-0.1, -0.05) is 63.2 Å². The lowest BCUT2D eigenvalue weighted by Crippen LogP contribution is -2.10. The van der Waals surface area contributed by atoms with Gasteiger partial charge >= 0.3 is 0 Å². The van der Waals surface area contributed by atoms with Crippen molar-refractivity contribution in [3.63, 3.8) is 0 Å². The fourth-order valence-electron chi connectivity index (χ4n) is 4.73. The molecule has 0 bridgehead atoms. The molecule has 0 aliphatic rings. The lowest BCUT2D eigenvalue weighted by molar-refractivity contribution is 0.591. The van der Waals surface area contributed by atoms with Crippen LogP contribution in [0.1, 0.15) is 55.5 Å². The minimum absolute atomic E-state index is 0.0615. The van der Waals surface area contributed by atoms with E-state index in [1.165, 1.54) is 12.3 Å². The third-order valence-electron chi connectivity index (χ3n) is 6.72. The van der Waals surface area contributed by atoms with Gasteiger partial charge in [-0.3, -0.25) is 4.98 Å². The van der Waals surface area contributed by atoms with Crippen molar-refractivity contribution in [3.8, 4) is 22.4 Å². The third-order valence-corrected chi connectivity index (χ3v) is 6.72. The van der Waals surface area contributed by atoms with Gasteiger partial charge in [0.05, 0.1) is 5.69 Å². The van der Waals surface area contributed by atoms with Crippen LogP contribution in [0.25, 0.3) is 55.2 Å². The van der Waals surface area contributed by atoms with Gasteiger partial charge in [-0.05, 0) is 88.8 Å². The van der Waals surface area contributed by atoms with Crippen LogP contribution in [0, 0.1) is 20.6 Å². The summed E-state index contributed by atoms with van der Waals surface area (Å²) in [5, 5.41) is 2.57. The first kappa shape index (κ1) is 14.5. The van der Waals surface area contributed by atoms with E-state index < -0.39 is 20.6 Å². The molecule has 0 spiro atoms. The summed E-state index contributed by atoms with van der Waals surface area (Å²) >= 11 is 0. The fourth-order valence-corrected chi connectivity index (χ4v) is 4.73. The molecule has 36 heavy (non-hydrogen) atoms. The maximum Gasteiger partial charge on any atom is 0.227 e. The Morgan fingerprint density at radius 3 is 2.47 bits per heavy atom. The number of furan rings is 1. The van der Waals surface area contributed by atoms with Crippen LogP contribution in [0.2, 0.25) is 0 Å². The first-order valence-electron chi connectivity index (χ1n) is 16.3. The van der Waals surface area contributed by atoms with E-state index in [4.69, 9.17) is 16.8 Å². The molecule has 0 saturated heterocycles. The summed E-state index contributed by atoms with van der Waals surface area (Å²) in [6, 6.07) is 19.2. The Labute approximate surface area is 224 Å². The standard InChI is InChI=1S/C33H30N2O/c1-19-18-34-30(28-9-7-8-26-27-13-10-20(2)35-32(27)36-31(26)28)17-29(19)25-14-11-22-16-23(33(4,5)6)12-15-24(22)21(25)3/h7-18H,1-6H3/i1D3,2D3,3D3. The number of nitrogens with zero attached hydrogens (tertiary/aromatic N) is 2. The quantitative estimate of drug-likeness (QED) is 0.249. The lowest BCUT2D eigenvalue weighted by atomic mass is 9.84. The molecule has 3 aromatic heterocycles. The molecule has 6 rings (SSSR count). The molecular weight excluding hydrogens is 440 g/mol. The lowest BCUT2D eigenvalue weighted by Gasteiger charge is -2.20. The Morgan fingerprint density at radius 1 is 0.778 bits per heavy atom. The number of benzene rings is 3. The SMILES string of the molecule is [2H]C([2H])([2H])c1ccc2c(n1)oc1c(-c3cc(-c4ccc5cc(C(C)(C)C)ccc5c4C([2H])([2H])[2H])c(C([2H])([2H])[2H])cn3)cccc12. The highest BCUT2D eigenvalue weighted by molar-refractivity contribution is 6.08. The maximum atomic E-state index is 8.51. The van der Waals surface area contributed by atoms with Crippen LogP contribution in [0.5, 0.6) is 0 Å². The summed E-state index contributed by atoms with van der Waals surface area (Å²) in [7, 11) is 0. The molecule has 0 atom stereocenters. The van der Waals surface area contributed by atoms with Crippen molar-refractivity contribution in [1.29, 1.82) is 0 Å². The number of para-hydroxylation sites is 1. The van der Waals surface area contributed by atoms with E-state index in [1.54, 1.807) is 36.4 Å². The minimum Gasteiger partial charge on any atom is -0.437 e. The zero-order valence-electron chi connectivity index (χ0n) is 29.2. The highest BCUT2D eigenvalue weighted by Crippen LogP contribution is 2.38. The van der Waals surface area contributed by atoms with Crippen molar-refractivity contribution in [3.05, 3.63) is 95.3 Å². The van der Waals surface area contributed by atoms with Crippen molar-refractivity contribution >= 4 is 32.8 Å². The monoisotopic (exact) mass is 479 g/mol. The van der Waals surface area contributed by atoms with E-state index in [-0.39, 0.29) is 39.1 Å². The number of aryl methyl sites for hydroxylation is 3. The van der Waals surface area contributed by atoms with Gasteiger partial charge in [-0.2, -0.15) is 0 Å². The molecule has 0 fully saturated rings. The second kappa shape index (κ2) is 8.03. The Kier molecular flexibility index (Phi) is 3.24. The zero-order valence-corrected chi connectivity index (χ0v) is 20.2. The number of hydrogen-bond donors (Lipinski definition) is 0. The largest absolute Gasteiger partial charge is 0.437 e. The summed E-state index contributed by atoms with van der Waals surface area (Å²) in [5.74, 6) is 0. The van der Waals surface area contributed by atoms with Gasteiger partial charge in [0.1, 0.15) is 5.58 Å². The molecule has 3 heteroatoms. The molecular formula is C33H30N2O. The van der Waals surface area contributed by atoms with Crippen LogP contribution >= 0.6 is 0 Å². The van der Waals surface area contributed by atoms with Gasteiger partial charge in [0.2, 0.25) is 5.71 Å². The Morgan fingerprint density at radius 2 is 1.67 bits per heavy atom. The average molecular weight is 480 g/mol. The molecule has 3 aromatic carbocycles. The van der Waals surface area contributed by atoms with E-state index in [1.807, 2.05) is 24.3 Å². The molecule has 3 nitrogen and oxygen atoms in total. The normalized spacial score (nSPS) is 16.9. The van der Waals surface area contributed by atoms with Gasteiger partial charge in [0.25, 0.3) is 0 Å². The van der Waals surface area contributed by atoms with Crippen LogP contribution < -0.4 is 0 Å². The molecule has 3 heterocycles. The molecule has 0 N–H and O–H groups in total. The fraction of sp³-hybridized carbons (Fsp3) is 0.212. The summed E-state index contributed by atoms with van der Waals surface area (Å²) in [6.45, 7) is -1.30. The van der Waals surface area contributed by atoms with Gasteiger partial charge in [0, 0.05) is 40.6 Å². The topological polar surface area (TPSA) is 38.9 Å². The number of pyridine rings is 2. The Bertz CT molecular complexity index is 2110. The Balaban J connectivity index is 1.62. The third kappa shape index (κ3) is 3.58. The molecule has 6 aromatic rings. The number of fused-ring (bicyclic) bond motifs is 4. The number of rotatable bonds is 2.